The largest absolute Gasteiger partial charge is 0.293 e. The van der Waals surface area contributed by atoms with Crippen molar-refractivity contribution in [2.75, 3.05) is 6.54 Å². The first-order valence-corrected chi connectivity index (χ1v) is 5.46. The van der Waals surface area contributed by atoms with Gasteiger partial charge >= 0.3 is 0 Å². The average Bonchev–Trinajstić information content (AvgIpc) is 3.08. The third-order valence-corrected chi connectivity index (χ3v) is 1.96. The fraction of sp³-hybridized carbons (Fsp3) is 0.583. The molecule has 1 N–H and O–H groups in total. The maximum Gasteiger partial charge on any atom is 0.125 e. The summed E-state index contributed by atoms with van der Waals surface area (Å²) in [5.74, 6) is 0. The fourth-order valence-corrected chi connectivity index (χ4v) is 0.964. The molecular weight excluding hydrogens is 200 g/mol. The lowest BCUT2D eigenvalue weighted by Gasteiger charge is -1.89. The van der Waals surface area contributed by atoms with E-state index < -0.39 is 0 Å². The highest BCUT2D eigenvalue weighted by Crippen LogP contribution is 2.05. The van der Waals surface area contributed by atoms with Crippen molar-refractivity contribution in [1.29, 1.82) is 10.5 Å². The summed E-state index contributed by atoms with van der Waals surface area (Å²) in [7, 11) is 0. The van der Waals surface area contributed by atoms with Gasteiger partial charge in [0.15, 0.2) is 0 Å². The third kappa shape index (κ3) is 7.73. The van der Waals surface area contributed by atoms with Crippen LogP contribution in [-0.4, -0.2) is 24.8 Å². The predicted octanol–water partition coefficient (Wildman–Crippen LogP) is 1.81. The van der Waals surface area contributed by atoms with Crippen molar-refractivity contribution < 1.29 is 0 Å². The molecule has 2 unspecified atom stereocenters. The minimum Gasteiger partial charge on any atom is -0.293 e. The molecule has 2 atom stereocenters. The smallest absolute Gasteiger partial charge is 0.125 e. The van der Waals surface area contributed by atoms with E-state index in [1.807, 2.05) is 12.1 Å². The third-order valence-electron chi connectivity index (χ3n) is 1.96. The molecule has 0 amide bonds. The van der Waals surface area contributed by atoms with Gasteiger partial charge in [0.1, 0.15) is 12.1 Å². The molecule has 0 aromatic carbocycles. The molecule has 0 aliphatic carbocycles. The lowest BCUT2D eigenvalue weighted by molar-refractivity contribution is 0.729. The molecule has 1 aliphatic heterocycles. The summed E-state index contributed by atoms with van der Waals surface area (Å²) in [4.78, 5) is 4.08. The lowest BCUT2D eigenvalue weighted by atomic mass is 10.2. The normalized spacial score (nSPS) is 21.4. The molecule has 0 aromatic heterocycles. The predicted molar refractivity (Wildman–Crippen MR) is 65.0 cm³/mol. The van der Waals surface area contributed by atoms with E-state index in [2.05, 4.69) is 23.8 Å². The Hall–Kier alpha value is -1.65. The van der Waals surface area contributed by atoms with Gasteiger partial charge in [0.25, 0.3) is 0 Å². The number of unbranched alkanes of at least 4 members (excludes halogenated alkanes) is 2. The molecule has 86 valence electrons. The number of hydrogen-bond donors (Lipinski definition) is 1. The van der Waals surface area contributed by atoms with Crippen LogP contribution in [0.15, 0.2) is 17.6 Å². The molecule has 16 heavy (non-hydrogen) atoms. The van der Waals surface area contributed by atoms with Crippen LogP contribution in [0.1, 0.15) is 26.2 Å². The fourth-order valence-electron chi connectivity index (χ4n) is 0.964. The molecule has 1 aliphatic rings. The van der Waals surface area contributed by atoms with Gasteiger partial charge in [-0.1, -0.05) is 32.4 Å². The minimum atomic E-state index is -0.190. The molecule has 1 rings (SSSR count). The van der Waals surface area contributed by atoms with Crippen LogP contribution in [0.5, 0.6) is 0 Å². The summed E-state index contributed by atoms with van der Waals surface area (Å²) in [6.07, 6.45) is 7.24. The molecule has 1 heterocycles. The van der Waals surface area contributed by atoms with Gasteiger partial charge in [-0.25, -0.2) is 0 Å². The van der Waals surface area contributed by atoms with Crippen LogP contribution in [0.2, 0.25) is 0 Å². The number of hydrogen-bond acceptors (Lipinski definition) is 4. The molecule has 0 spiro atoms. The average molecular weight is 218 g/mol. The van der Waals surface area contributed by atoms with E-state index in [9.17, 15) is 0 Å². The van der Waals surface area contributed by atoms with Gasteiger partial charge in [0, 0.05) is 12.8 Å². The van der Waals surface area contributed by atoms with E-state index in [-0.39, 0.29) is 12.1 Å². The quantitative estimate of drug-likeness (QED) is 0.434. The maximum absolute atomic E-state index is 8.04. The van der Waals surface area contributed by atoms with Crippen LogP contribution in [-0.2, 0) is 0 Å². The Morgan fingerprint density at radius 3 is 2.31 bits per heavy atom. The Kier molecular flexibility index (Phi) is 8.87. The van der Waals surface area contributed by atoms with Gasteiger partial charge in [0.2, 0.25) is 0 Å². The summed E-state index contributed by atoms with van der Waals surface area (Å²) in [6.45, 7) is 6.68. The highest BCUT2D eigenvalue weighted by molar-refractivity contribution is 5.69. The zero-order valence-electron chi connectivity index (χ0n) is 9.69. The highest BCUT2D eigenvalue weighted by atomic mass is 15.1. The molecule has 1 fully saturated rings. The van der Waals surface area contributed by atoms with Crippen molar-refractivity contribution in [1.82, 2.24) is 5.32 Å². The topological polar surface area (TPSA) is 81.9 Å². The number of nitrogens with zero attached hydrogens (tertiary/aromatic N) is 3. The van der Waals surface area contributed by atoms with E-state index in [1.54, 1.807) is 12.3 Å². The van der Waals surface area contributed by atoms with E-state index in [0.717, 1.165) is 6.54 Å². The highest BCUT2D eigenvalue weighted by Gasteiger charge is 2.35. The second kappa shape index (κ2) is 9.89. The van der Waals surface area contributed by atoms with Gasteiger partial charge in [-0.15, -0.1) is 0 Å². The molecule has 4 nitrogen and oxygen atoms in total. The van der Waals surface area contributed by atoms with Crippen LogP contribution in [0.4, 0.5) is 0 Å². The number of aliphatic imine (C=N–C) groups is 1. The summed E-state index contributed by atoms with van der Waals surface area (Å²) in [5.41, 5.74) is 0. The number of nitriles is 2. The Balaban J connectivity index is 0.000000288. The van der Waals surface area contributed by atoms with Gasteiger partial charge in [0.05, 0.1) is 12.1 Å². The van der Waals surface area contributed by atoms with Crippen LogP contribution in [0.3, 0.4) is 0 Å². The van der Waals surface area contributed by atoms with Crippen molar-refractivity contribution in [3.8, 4) is 12.1 Å². The van der Waals surface area contributed by atoms with Crippen molar-refractivity contribution in [2.45, 2.75) is 38.3 Å². The zero-order chi connectivity index (χ0) is 12.2. The molecular formula is C12H18N4. The summed E-state index contributed by atoms with van der Waals surface area (Å²) in [6, 6.07) is 3.43. The number of rotatable bonds is 5. The number of allylic oxidation sites excluding steroid dienone is 1. The summed E-state index contributed by atoms with van der Waals surface area (Å²) in [5, 5.41) is 18.7. The lowest BCUT2D eigenvalue weighted by Crippen LogP contribution is -1.82. The summed E-state index contributed by atoms with van der Waals surface area (Å²) >= 11 is 0. The standard InChI is InChI=1S/C8H15N.C4H3N3/c1-3-5-6-8-9-7-4-2;5-1-3-4(2-6)7-3/h4,7H,2-3,5-6,8H2,1H3;3-4,7H. The van der Waals surface area contributed by atoms with Crippen molar-refractivity contribution in [2.24, 2.45) is 4.99 Å². The van der Waals surface area contributed by atoms with Crippen LogP contribution < -0.4 is 5.32 Å². The molecule has 0 aromatic rings. The molecule has 4 heteroatoms. The molecule has 0 saturated carbocycles. The van der Waals surface area contributed by atoms with Gasteiger partial charge in [-0.3, -0.25) is 10.3 Å². The van der Waals surface area contributed by atoms with Crippen molar-refractivity contribution in [3.63, 3.8) is 0 Å². The van der Waals surface area contributed by atoms with Crippen LogP contribution in [0.25, 0.3) is 0 Å². The van der Waals surface area contributed by atoms with E-state index in [1.165, 1.54) is 19.3 Å². The minimum absolute atomic E-state index is 0.190. The second-order valence-electron chi connectivity index (χ2n) is 3.38. The van der Waals surface area contributed by atoms with Gasteiger partial charge in [-0.05, 0) is 6.42 Å². The van der Waals surface area contributed by atoms with Crippen LogP contribution in [0, 0.1) is 22.7 Å². The molecule has 1 saturated heterocycles. The monoisotopic (exact) mass is 218 g/mol. The number of nitrogens with one attached hydrogen (secondary N) is 1. The zero-order valence-corrected chi connectivity index (χ0v) is 9.69. The first-order valence-electron chi connectivity index (χ1n) is 5.46. The van der Waals surface area contributed by atoms with Gasteiger partial charge in [-0.2, -0.15) is 10.5 Å². The first kappa shape index (κ1) is 14.3. The van der Waals surface area contributed by atoms with E-state index in [0.29, 0.717) is 0 Å². The first-order chi connectivity index (χ1) is 7.79. The Bertz CT molecular complexity index is 277. The van der Waals surface area contributed by atoms with E-state index >= 15 is 0 Å². The Labute approximate surface area is 97.3 Å². The summed E-state index contributed by atoms with van der Waals surface area (Å²) < 4.78 is 0. The Morgan fingerprint density at radius 1 is 1.31 bits per heavy atom. The van der Waals surface area contributed by atoms with Crippen molar-refractivity contribution in [3.05, 3.63) is 12.7 Å². The maximum atomic E-state index is 8.04. The molecule has 0 radical (unpaired) electrons. The SMILES string of the molecule is C=CC=NCCCCC.N#CC1NC1C#N. The second-order valence-corrected chi connectivity index (χ2v) is 3.38. The molecule has 0 bridgehead atoms. The van der Waals surface area contributed by atoms with Crippen LogP contribution >= 0.6 is 0 Å². The Morgan fingerprint density at radius 2 is 1.94 bits per heavy atom. The van der Waals surface area contributed by atoms with Crippen molar-refractivity contribution >= 4 is 6.21 Å². The van der Waals surface area contributed by atoms with Gasteiger partial charge < -0.3 is 0 Å². The van der Waals surface area contributed by atoms with E-state index in [4.69, 9.17) is 10.5 Å².